The van der Waals surface area contributed by atoms with Crippen molar-refractivity contribution in [2.24, 2.45) is 0 Å². The average Bonchev–Trinajstić information content (AvgIpc) is 0. The van der Waals surface area contributed by atoms with E-state index in [0.29, 0.717) is 0 Å². The van der Waals surface area contributed by atoms with Crippen molar-refractivity contribution in [1.29, 1.82) is 0 Å². The summed E-state index contributed by atoms with van der Waals surface area (Å²) in [4.78, 5) is 0. The van der Waals surface area contributed by atoms with Crippen LogP contribution in [0.1, 0.15) is 0 Å². The Kier molecular flexibility index (Phi) is 4210. The largest absolute Gasteiger partial charge is 0.412 e. The second kappa shape index (κ2) is 213. The van der Waals surface area contributed by atoms with E-state index >= 15 is 0 Å². The van der Waals surface area contributed by atoms with Crippen molar-refractivity contribution in [3.05, 3.63) is 0 Å². The van der Waals surface area contributed by atoms with Gasteiger partial charge in [-0.15, -0.1) is 0 Å². The van der Waals surface area contributed by atoms with E-state index in [1.165, 1.54) is 0 Å². The Bertz CT molecular complexity index is 22.5. The van der Waals surface area contributed by atoms with Crippen LogP contribution in [0, 0.1) is 0 Å². The van der Waals surface area contributed by atoms with Crippen LogP contribution in [-0.4, -0.2) is 193 Å². The molecule has 14 radical (unpaired) electrons. The van der Waals surface area contributed by atoms with Gasteiger partial charge in [0.25, 0.3) is 0 Å². The SMILES string of the molecule is O.O.O.O.O.O.O.[Al].[Al].[B].[B].[K].[K]. The Hall–Kier alpha value is 4.19. The Labute approximate surface area is 188 Å². The fourth-order valence-corrected chi connectivity index (χ4v) is 0. The van der Waals surface area contributed by atoms with Crippen molar-refractivity contribution >= 4 is 154 Å². The van der Waals surface area contributed by atoms with E-state index in [1.807, 2.05) is 0 Å². The molecule has 0 aromatic rings. The molecular weight excluding hydrogens is 266 g/mol. The summed E-state index contributed by atoms with van der Waals surface area (Å²) in [6.07, 6.45) is 0. The van der Waals surface area contributed by atoms with Gasteiger partial charge in [-0.05, 0) is 0 Å². The summed E-state index contributed by atoms with van der Waals surface area (Å²) in [6.45, 7) is 0. The molecule has 0 rings (SSSR count). The summed E-state index contributed by atoms with van der Waals surface area (Å²) in [5.41, 5.74) is 0. The first-order valence-corrected chi connectivity index (χ1v) is 0. The Morgan fingerprint density at radius 3 is 0.308 bits per heavy atom. The summed E-state index contributed by atoms with van der Waals surface area (Å²) in [7, 11) is 0. The van der Waals surface area contributed by atoms with Gasteiger partial charge in [0.2, 0.25) is 0 Å². The Morgan fingerprint density at radius 2 is 0.308 bits per heavy atom. The first-order valence-electron chi connectivity index (χ1n) is 0. The molecule has 0 spiro atoms. The number of hydrogen-bond acceptors (Lipinski definition) is 0. The van der Waals surface area contributed by atoms with Gasteiger partial charge < -0.3 is 38.3 Å². The van der Waals surface area contributed by atoms with E-state index in [2.05, 4.69) is 0 Å². The second-order valence-corrected chi connectivity index (χ2v) is 0. The average molecular weight is 280 g/mol. The number of rotatable bonds is 0. The molecule has 13 heteroatoms. The van der Waals surface area contributed by atoms with Gasteiger partial charge in [-0.2, -0.15) is 0 Å². The van der Waals surface area contributed by atoms with Gasteiger partial charge >= 0.3 is 0 Å². The summed E-state index contributed by atoms with van der Waals surface area (Å²) in [5, 5.41) is 0. The maximum absolute atomic E-state index is 0. The molecule has 13 heavy (non-hydrogen) atoms. The van der Waals surface area contributed by atoms with Gasteiger partial charge in [0.05, 0.1) is 0 Å². The van der Waals surface area contributed by atoms with Gasteiger partial charge in [0.1, 0.15) is 0 Å². The van der Waals surface area contributed by atoms with Gasteiger partial charge in [0, 0.05) is 154 Å². The summed E-state index contributed by atoms with van der Waals surface area (Å²) in [5.74, 6) is 0. The molecule has 0 aromatic heterocycles. The third-order valence-corrected chi connectivity index (χ3v) is 0. The van der Waals surface area contributed by atoms with Crippen LogP contribution in [0.4, 0.5) is 0 Å². The van der Waals surface area contributed by atoms with E-state index in [0.717, 1.165) is 0 Å². The molecule has 0 amide bonds. The van der Waals surface area contributed by atoms with Crippen LogP contribution in [0.15, 0.2) is 0 Å². The molecule has 0 saturated heterocycles. The van der Waals surface area contributed by atoms with Crippen molar-refractivity contribution in [1.82, 2.24) is 0 Å². The molecule has 0 atom stereocenters. The first kappa shape index (κ1) is 257. The zero-order valence-corrected chi connectivity index (χ0v) is 16.4. The molecule has 70 valence electrons. The molecule has 0 heterocycles. The normalized spacial score (nSPS) is 0. The van der Waals surface area contributed by atoms with E-state index < -0.39 is 0 Å². The molecular formula is H14Al2B2K2O7. The van der Waals surface area contributed by atoms with E-state index in [1.54, 1.807) is 0 Å². The van der Waals surface area contributed by atoms with Crippen molar-refractivity contribution in [2.45, 2.75) is 0 Å². The molecule has 0 aromatic carbocycles. The molecule has 0 aliphatic rings. The fraction of sp³-hybridized carbons (Fsp3) is 0. The van der Waals surface area contributed by atoms with Crippen LogP contribution >= 0.6 is 0 Å². The third-order valence-electron chi connectivity index (χ3n) is 0. The quantitative estimate of drug-likeness (QED) is 0.377. The molecule has 0 bridgehead atoms. The van der Waals surface area contributed by atoms with Crippen molar-refractivity contribution in [2.75, 3.05) is 0 Å². The minimum atomic E-state index is 0. The zero-order valence-electron chi connectivity index (χ0n) is 7.81. The maximum Gasteiger partial charge on any atom is 0 e. The van der Waals surface area contributed by atoms with Gasteiger partial charge in [-0.1, -0.05) is 0 Å². The molecule has 0 saturated carbocycles. The molecule has 0 fully saturated rings. The molecule has 0 unspecified atom stereocenters. The first-order chi connectivity index (χ1) is 0. The van der Waals surface area contributed by atoms with Crippen LogP contribution in [0.2, 0.25) is 0 Å². The topological polar surface area (TPSA) is 220 Å². The number of hydrogen-bond donors (Lipinski definition) is 0. The summed E-state index contributed by atoms with van der Waals surface area (Å²) >= 11 is 0. The van der Waals surface area contributed by atoms with E-state index in [4.69, 9.17) is 0 Å². The molecule has 0 aliphatic heterocycles. The predicted molar refractivity (Wildman–Crippen MR) is 59.8 cm³/mol. The standard InChI is InChI=1S/2Al.2B.2K.7H2O/h;;;;;;7*1H2. The molecule has 0 aliphatic carbocycles. The van der Waals surface area contributed by atoms with Gasteiger partial charge in [0.15, 0.2) is 0 Å². The van der Waals surface area contributed by atoms with Crippen LogP contribution in [0.5, 0.6) is 0 Å². The monoisotopic (exact) mass is 280 g/mol. The Morgan fingerprint density at radius 1 is 0.308 bits per heavy atom. The van der Waals surface area contributed by atoms with Crippen LogP contribution in [-0.2, 0) is 0 Å². The van der Waals surface area contributed by atoms with Crippen molar-refractivity contribution < 1.29 is 38.3 Å². The van der Waals surface area contributed by atoms with Crippen LogP contribution in [0.25, 0.3) is 0 Å². The second-order valence-electron chi connectivity index (χ2n) is 0. The van der Waals surface area contributed by atoms with E-state index in [-0.39, 0.29) is 193 Å². The molecule has 7 nitrogen and oxygen atoms in total. The minimum absolute atomic E-state index is 0. The molecule has 14 N–H and O–H groups in total. The maximum atomic E-state index is 0. The predicted octanol–water partition coefficient (Wildman–Crippen LogP) is -8.06. The summed E-state index contributed by atoms with van der Waals surface area (Å²) in [6, 6.07) is 0. The fourth-order valence-electron chi connectivity index (χ4n) is 0. The third kappa shape index (κ3) is 186. The van der Waals surface area contributed by atoms with Gasteiger partial charge in [-0.3, -0.25) is 0 Å². The van der Waals surface area contributed by atoms with Crippen molar-refractivity contribution in [3.63, 3.8) is 0 Å². The Balaban J connectivity index is 0. The summed E-state index contributed by atoms with van der Waals surface area (Å²) < 4.78 is 0. The smallest absolute Gasteiger partial charge is 0 e. The minimum Gasteiger partial charge on any atom is -0.412 e. The van der Waals surface area contributed by atoms with Gasteiger partial charge in [-0.25, -0.2) is 0 Å². The van der Waals surface area contributed by atoms with E-state index in [9.17, 15) is 0 Å². The zero-order chi connectivity index (χ0) is 0. The van der Waals surface area contributed by atoms with Crippen LogP contribution in [0.3, 0.4) is 0 Å². The van der Waals surface area contributed by atoms with Crippen molar-refractivity contribution in [3.8, 4) is 0 Å². The van der Waals surface area contributed by atoms with Crippen LogP contribution < -0.4 is 0 Å².